The maximum Gasteiger partial charge on any atom is 1.00 e. The van der Waals surface area contributed by atoms with Crippen molar-refractivity contribution in [2.24, 2.45) is 58.8 Å². The maximum atomic E-state index is 11.0. The van der Waals surface area contributed by atoms with Crippen LogP contribution in [0.2, 0.25) is 0 Å². The Morgan fingerprint density at radius 2 is 1.10 bits per heavy atom. The van der Waals surface area contributed by atoms with Crippen LogP contribution in [0.25, 0.3) is 0 Å². The zero-order valence-electron chi connectivity index (χ0n) is 69.6. The molecule has 9 fully saturated rings. The van der Waals surface area contributed by atoms with Crippen LogP contribution in [0.5, 0.6) is 0 Å². The molecule has 0 spiro atoms. The van der Waals surface area contributed by atoms with Crippen molar-refractivity contribution >= 4 is 97.6 Å². The molecule has 0 radical (unpaired) electrons. The molecule has 2 aliphatic heterocycles. The van der Waals surface area contributed by atoms with Gasteiger partial charge in [0.1, 0.15) is 5.78 Å². The molecular weight excluding hydrogens is 1630 g/mol. The predicted octanol–water partition coefficient (Wildman–Crippen LogP) is 7.36. The van der Waals surface area contributed by atoms with Crippen molar-refractivity contribution < 1.29 is 101 Å². The number of aromatic nitrogens is 10. The third-order valence-corrected chi connectivity index (χ3v) is 19.3. The van der Waals surface area contributed by atoms with Gasteiger partial charge in [0.15, 0.2) is 5.78 Å². The number of ketones is 2. The number of rotatable bonds is 16. The Kier molecular flexibility index (Phi) is 50.3. The van der Waals surface area contributed by atoms with Gasteiger partial charge in [0.05, 0.1) is 60.3 Å². The number of halogens is 4. The zero-order chi connectivity index (χ0) is 79.9. The number of ether oxygens (including phenoxy) is 2. The van der Waals surface area contributed by atoms with Crippen LogP contribution in [0, 0.1) is 18.8 Å². The van der Waals surface area contributed by atoms with Crippen LogP contribution >= 0.6 is 60.1 Å². The van der Waals surface area contributed by atoms with Crippen LogP contribution in [-0.2, 0) is 82.4 Å². The second-order valence-electron chi connectivity index (χ2n) is 30.1. The van der Waals surface area contributed by atoms with E-state index in [9.17, 15) is 9.59 Å². The van der Waals surface area contributed by atoms with E-state index in [0.717, 1.165) is 82.8 Å². The summed E-state index contributed by atoms with van der Waals surface area (Å²) in [4.78, 5) is 33.8. The molecule has 0 atom stereocenters. The molecule has 0 amide bonds. The molecule has 5 aromatic rings. The molecule has 5 aromatic heterocycles. The summed E-state index contributed by atoms with van der Waals surface area (Å²) in [5.41, 5.74) is 6.38. The first-order valence-electron chi connectivity index (χ1n) is 36.5. The maximum absolute atomic E-state index is 11.0. The van der Waals surface area contributed by atoms with Gasteiger partial charge < -0.3 is 54.5 Å². The Morgan fingerprint density at radius 1 is 0.664 bits per heavy atom. The number of carbonyl (C=O) groups excluding carboxylic acids is 3. The van der Waals surface area contributed by atoms with Crippen molar-refractivity contribution in [2.45, 2.75) is 257 Å². The number of Topliss-reactive ketones (excluding diaryl/α,β-unsaturated/α-hetero) is 1. The molecule has 14 rings (SSSR count). The summed E-state index contributed by atoms with van der Waals surface area (Å²) in [6.45, 7) is 28.7. The number of methoxy groups -OCH3 is 2. The Bertz CT molecular complexity index is 3260. The molecule has 0 bridgehead atoms. The normalized spacial score (nSPS) is 18.1. The van der Waals surface area contributed by atoms with E-state index in [1.165, 1.54) is 93.4 Å². The Morgan fingerprint density at radius 3 is 1.41 bits per heavy atom. The van der Waals surface area contributed by atoms with Gasteiger partial charge in [-0.1, -0.05) is 13.3 Å². The first kappa shape index (κ1) is 105. The Hall–Kier alpha value is -2.35. The van der Waals surface area contributed by atoms with Gasteiger partial charge >= 0.3 is 62.9 Å². The third kappa shape index (κ3) is 40.5. The van der Waals surface area contributed by atoms with E-state index >= 15 is 0 Å². The fourth-order valence-electron chi connectivity index (χ4n) is 9.69. The summed E-state index contributed by atoms with van der Waals surface area (Å²) in [5.74, 6) is 12.2. The summed E-state index contributed by atoms with van der Waals surface area (Å²) < 4.78 is 50.5. The number of hydrazine groups is 1. The summed E-state index contributed by atoms with van der Waals surface area (Å²) >= 11 is 12.4. The molecule has 596 valence electrons. The number of hydrogen-bond donors (Lipinski definition) is 2. The number of aliphatic carboxylic acids is 1. The fourth-order valence-corrected chi connectivity index (χ4v) is 11.1. The van der Waals surface area contributed by atoms with E-state index in [1.807, 2.05) is 169 Å². The smallest absolute Gasteiger partial charge is 0.550 e. The van der Waals surface area contributed by atoms with Crippen LogP contribution in [0.4, 0.5) is 0 Å². The second-order valence-corrected chi connectivity index (χ2v) is 31.8. The topological polar surface area (TPSA) is 286 Å². The average molecular weight is 1760 g/mol. The minimum Gasteiger partial charge on any atom is -0.550 e. The zero-order valence-corrected chi connectivity index (χ0v) is 77.9. The number of hydrogen-bond acceptors (Lipinski definition) is 20. The Labute approximate surface area is 708 Å². The van der Waals surface area contributed by atoms with Crippen molar-refractivity contribution in [1.29, 1.82) is 0 Å². The minimum atomic E-state index is -1.08. The summed E-state index contributed by atoms with van der Waals surface area (Å²) in [5, 5.41) is 30.3. The predicted molar refractivity (Wildman–Crippen MR) is 432 cm³/mol. The van der Waals surface area contributed by atoms with Gasteiger partial charge in [-0.3, -0.25) is 49.6 Å². The van der Waals surface area contributed by atoms with Crippen molar-refractivity contribution in [3.63, 3.8) is 0 Å². The number of carbonyl (C=O) groups is 3. The van der Waals surface area contributed by atoms with Crippen LogP contribution < -0.4 is 70.7 Å². The minimum absolute atomic E-state index is 0. The van der Waals surface area contributed by atoms with E-state index < -0.39 is 13.3 Å². The molecule has 7 heterocycles. The first-order chi connectivity index (χ1) is 49.2. The van der Waals surface area contributed by atoms with Gasteiger partial charge in [-0.2, -0.15) is 31.9 Å². The van der Waals surface area contributed by atoms with Crippen molar-refractivity contribution in [3.05, 3.63) is 99.7 Å². The largest absolute Gasteiger partial charge is 1.00 e. The van der Waals surface area contributed by atoms with E-state index in [0.29, 0.717) is 23.5 Å². The number of unbranched alkanes of at least 4 members (excludes halogenated alkanes) is 1. The first-order valence-corrected chi connectivity index (χ1v) is 41.8. The van der Waals surface area contributed by atoms with E-state index in [2.05, 4.69) is 151 Å². The average Bonchev–Trinajstić information content (AvgIpc) is 1.99. The summed E-state index contributed by atoms with van der Waals surface area (Å²) in [7, 11) is 19.9. The molecule has 7 saturated carbocycles. The molecule has 0 aromatic carbocycles. The number of nitrogens with two attached hydrogens (primary N) is 2. The van der Waals surface area contributed by atoms with Crippen LogP contribution in [0.3, 0.4) is 0 Å². The molecule has 107 heavy (non-hydrogen) atoms. The second kappa shape index (κ2) is 51.5. The molecule has 7 aliphatic carbocycles. The summed E-state index contributed by atoms with van der Waals surface area (Å²) in [6.07, 6.45) is 33.1. The van der Waals surface area contributed by atoms with Crippen LogP contribution in [-0.4, -0.2) is 168 Å². The van der Waals surface area contributed by atoms with Gasteiger partial charge in [-0.15, -0.1) is 0 Å². The van der Waals surface area contributed by atoms with Crippen LogP contribution in [0.15, 0.2) is 64.3 Å². The molecule has 33 heteroatoms. The molecule has 0 unspecified atom stereocenters. The summed E-state index contributed by atoms with van der Waals surface area (Å²) in [6, 6.07) is 4.22. The van der Waals surface area contributed by atoms with Gasteiger partial charge in [0, 0.05) is 187 Å². The van der Waals surface area contributed by atoms with E-state index in [4.69, 9.17) is 42.6 Å². The van der Waals surface area contributed by atoms with Gasteiger partial charge in [0.2, 0.25) is 6.41 Å². The standard InChI is InChI=1S/C13H21BN2O2.C9H19BO3.C8H13NO.2C7H9BrN2.2C7H10N2.C5H13NO2.C5H8O.C4H9.C2H4O2.Br2.Li.H4N2.Na/c1-12(2)13(3,4)18-14(17-12)10-8-16(5)15-11(10)9-6-7-9;1-7(2)11-10-12-8(3,4)9(5,6)13-10;1-9(2)6-5-8(10)7-3-4-7;1-10-4-6(8)7(9-10)5-2-3-5;1-10-7(5-2-3-5)6(8)4-9-10;1-9-5-4-7(8-9)6-2-3-6;1-9-7(4-5-8-9)6-2-3-6;1-6(2)5(7-3)8-4;1-4(6)5-2-3-5;1-3-4-2;1-2(3)4;1-2;;1-2;/h8-9H,6-7H2,1-5H3;7H,1-6H3;5-7H,3-4H2,1-2H3;2*4-5H,2-3H2,1H3;2*4-6H,2-3H2,1H3;5H,1-4H3;5H,2-3H2,1H3;1,3-4H2,2H3;1H3,(H,3,4);;;1-2H2;/q;;;;;;;;;-1;;;+1;;+1/p-1/b;;6-5+;;;;;;;;;;;;. The van der Waals surface area contributed by atoms with E-state index in [1.54, 1.807) is 33.4 Å². The SMILES string of the molecule is BrBr.CC(=O)C1CC1.CC(=O)[O-].CC(C)OB1OC(C)(C)C(C)(C)O1.CN(C)/C=C/C(=O)C1CC1.COC(OC)N(C)C.Cn1cc(B2OC(C)(C)C(C)(C)O2)c(C2CC2)n1.Cn1cc(Br)c(C2CC2)n1.Cn1ccc(C2CC2)n1.Cn1ncc(Br)c1C1CC1.Cn1nccc1C1CC1.NN.[CH2-]CCC.[Li+].[Na+]. The van der Waals surface area contributed by atoms with Crippen molar-refractivity contribution in [3.8, 4) is 0 Å². The number of carboxylic acids is 1. The Balaban J connectivity index is 0.00000117. The molecule has 25 nitrogen and oxygen atoms in total. The fraction of sp³-hybridized carbons (Fsp3) is 0.716. The molecule has 9 aliphatic rings. The van der Waals surface area contributed by atoms with Crippen molar-refractivity contribution in [1.82, 2.24) is 58.7 Å². The number of carboxylic acid groups (broad SMARTS) is 1. The van der Waals surface area contributed by atoms with Crippen molar-refractivity contribution in [2.75, 3.05) is 42.4 Å². The molecular formula is C74H128B2Br4LiN14NaO11. The van der Waals surface area contributed by atoms with E-state index in [-0.39, 0.29) is 96.2 Å². The number of aryl methyl sites for hydroxylation is 5. The van der Waals surface area contributed by atoms with Gasteiger partial charge in [0.25, 0.3) is 0 Å². The third-order valence-electron chi connectivity index (χ3n) is 18.1. The van der Waals surface area contributed by atoms with Crippen LogP contribution in [0.1, 0.15) is 251 Å². The molecule has 2 saturated heterocycles. The molecule has 4 N–H and O–H groups in total. The van der Waals surface area contributed by atoms with Gasteiger partial charge in [-0.25, -0.2) is 0 Å². The number of allylic oxidation sites excluding steroid dienone is 1. The quantitative estimate of drug-likeness (QED) is 0.0244. The number of nitrogens with zero attached hydrogens (tertiary/aromatic N) is 12. The van der Waals surface area contributed by atoms with Gasteiger partial charge in [-0.05, 0) is 237 Å². The monoisotopic (exact) mass is 1760 g/mol.